The first-order valence-corrected chi connectivity index (χ1v) is 5.55. The molecule has 0 radical (unpaired) electrons. The largest absolute Gasteiger partial charge is 0.294 e. The summed E-state index contributed by atoms with van der Waals surface area (Å²) in [4.78, 5) is 12.0. The topological polar surface area (TPSA) is 17.1 Å². The first-order chi connectivity index (χ1) is 6.70. The van der Waals surface area contributed by atoms with Crippen LogP contribution in [0, 0.1) is 0 Å². The fourth-order valence-electron chi connectivity index (χ4n) is 1.49. The van der Waals surface area contributed by atoms with Crippen LogP contribution in [0.15, 0.2) is 24.3 Å². The average Bonchev–Trinajstić information content (AvgIpc) is 2.59. The van der Waals surface area contributed by atoms with E-state index in [1.54, 1.807) is 18.3 Å². The minimum atomic E-state index is 0. The molecule has 0 atom stereocenters. The minimum absolute atomic E-state index is 0. The minimum Gasteiger partial charge on any atom is -0.294 e. The molecule has 0 saturated heterocycles. The molecule has 0 aliphatic heterocycles. The van der Waals surface area contributed by atoms with E-state index < -0.39 is 0 Å². The lowest BCUT2D eigenvalue weighted by Crippen LogP contribution is -1.83. The number of rotatable bonds is 2. The Hall–Kier alpha value is -1.15. The van der Waals surface area contributed by atoms with Crippen LogP contribution < -0.4 is 0 Å². The Labute approximate surface area is 88.9 Å². The lowest BCUT2D eigenvalue weighted by molar-refractivity contribution is 0.102. The van der Waals surface area contributed by atoms with Gasteiger partial charge in [-0.15, -0.1) is 11.3 Å². The van der Waals surface area contributed by atoms with Gasteiger partial charge < -0.3 is 0 Å². The van der Waals surface area contributed by atoms with E-state index in [4.69, 9.17) is 0 Å². The van der Waals surface area contributed by atoms with Gasteiger partial charge in [-0.25, -0.2) is 0 Å². The number of benzene rings is 1. The van der Waals surface area contributed by atoms with E-state index in [-0.39, 0.29) is 7.21 Å². The maximum absolute atomic E-state index is 11.2. The fourth-order valence-corrected chi connectivity index (χ4v) is 2.42. The lowest BCUT2D eigenvalue weighted by atomic mass is 10.1. The summed E-state index contributed by atoms with van der Waals surface area (Å²) < 4.78 is 1.20. The van der Waals surface area contributed by atoms with Crippen LogP contribution in [0.5, 0.6) is 0 Å². The predicted molar refractivity (Wildman–Crippen MR) is 63.3 cm³/mol. The molecule has 0 fully saturated rings. The van der Waals surface area contributed by atoms with Crippen molar-refractivity contribution >= 4 is 27.2 Å². The van der Waals surface area contributed by atoms with Crippen LogP contribution in [-0.4, -0.2) is 5.78 Å². The van der Waals surface area contributed by atoms with Gasteiger partial charge in [-0.3, -0.25) is 4.79 Å². The van der Waals surface area contributed by atoms with Gasteiger partial charge in [0.05, 0.1) is 4.88 Å². The Morgan fingerprint density at radius 3 is 2.86 bits per heavy atom. The molecule has 0 aliphatic rings. The van der Waals surface area contributed by atoms with Gasteiger partial charge in [-0.05, 0) is 36.4 Å². The second kappa shape index (κ2) is 3.54. The molecule has 1 heterocycles. The Balaban J connectivity index is 0.00000112. The number of aryl methyl sites for hydroxylation is 1. The van der Waals surface area contributed by atoms with E-state index in [9.17, 15) is 4.79 Å². The van der Waals surface area contributed by atoms with Gasteiger partial charge in [-0.1, -0.05) is 19.1 Å². The van der Waals surface area contributed by atoms with Crippen molar-refractivity contribution < 1.29 is 6.22 Å². The Morgan fingerprint density at radius 2 is 2.21 bits per heavy atom. The molecule has 2 rings (SSSR count). The summed E-state index contributed by atoms with van der Waals surface area (Å²) in [5, 5.41) is 1.19. The van der Waals surface area contributed by atoms with Gasteiger partial charge >= 0.3 is 0 Å². The van der Waals surface area contributed by atoms with Crippen LogP contribution in [-0.2, 0) is 6.42 Å². The fraction of sp³-hybridized carbons (Fsp3) is 0.250. The van der Waals surface area contributed by atoms with Crippen molar-refractivity contribution in [3.8, 4) is 0 Å². The molecule has 0 N–H and O–H groups in total. The van der Waals surface area contributed by atoms with E-state index >= 15 is 0 Å². The number of carbonyl (C=O) groups excluding carboxylic acids is 1. The second-order valence-corrected chi connectivity index (χ2v) is 4.48. The quantitative estimate of drug-likeness (QED) is 0.681. The zero-order chi connectivity index (χ0) is 10.1. The predicted octanol–water partition coefficient (Wildman–Crippen LogP) is 3.91. The SMILES string of the molecule is CCc1ccc2sc(C(C)=O)cc2c1.[HH]. The summed E-state index contributed by atoms with van der Waals surface area (Å²) in [6.07, 6.45) is 1.04. The Kier molecular flexibility index (Phi) is 2.38. The molecule has 74 valence electrons. The smallest absolute Gasteiger partial charge is 0.169 e. The van der Waals surface area contributed by atoms with E-state index in [2.05, 4.69) is 25.1 Å². The summed E-state index contributed by atoms with van der Waals surface area (Å²) in [6.45, 7) is 3.75. The third kappa shape index (κ3) is 1.58. The number of ketones is 1. The second-order valence-electron chi connectivity index (χ2n) is 3.39. The van der Waals surface area contributed by atoms with Crippen LogP contribution in [0.2, 0.25) is 0 Å². The molecule has 1 nitrogen and oxygen atoms in total. The van der Waals surface area contributed by atoms with Gasteiger partial charge in [0.2, 0.25) is 0 Å². The Morgan fingerprint density at radius 1 is 1.43 bits per heavy atom. The molecular formula is C12H14OS. The highest BCUT2D eigenvalue weighted by Crippen LogP contribution is 2.26. The molecule has 2 aromatic rings. The van der Waals surface area contributed by atoms with Crippen molar-refractivity contribution in [3.63, 3.8) is 0 Å². The number of thiophene rings is 1. The highest BCUT2D eigenvalue weighted by atomic mass is 32.1. The van der Waals surface area contributed by atoms with Crippen molar-refractivity contribution in [1.29, 1.82) is 0 Å². The van der Waals surface area contributed by atoms with Gasteiger partial charge in [0.15, 0.2) is 5.78 Å². The number of carbonyl (C=O) groups is 1. The van der Waals surface area contributed by atoms with E-state index in [0.29, 0.717) is 0 Å². The highest BCUT2D eigenvalue weighted by molar-refractivity contribution is 7.20. The van der Waals surface area contributed by atoms with Crippen LogP contribution >= 0.6 is 11.3 Å². The van der Waals surface area contributed by atoms with E-state index in [1.165, 1.54) is 15.6 Å². The van der Waals surface area contributed by atoms with Crippen molar-refractivity contribution in [3.05, 3.63) is 34.7 Å². The molecule has 0 saturated carbocycles. The van der Waals surface area contributed by atoms with Gasteiger partial charge in [0.1, 0.15) is 0 Å². The van der Waals surface area contributed by atoms with E-state index in [0.717, 1.165) is 11.3 Å². The molecule has 0 amide bonds. The highest BCUT2D eigenvalue weighted by Gasteiger charge is 2.05. The standard InChI is InChI=1S/C12H12OS.H2/c1-3-9-4-5-11-10(6-9)7-12(14-11)8(2)13;/h4-7H,3H2,1-2H3;1H. The summed E-state index contributed by atoms with van der Waals surface area (Å²) in [6, 6.07) is 8.38. The lowest BCUT2D eigenvalue weighted by Gasteiger charge is -1.94. The number of Topliss-reactive ketones (excluding diaryl/α,β-unsaturated/α-hetero) is 1. The van der Waals surface area contributed by atoms with Crippen LogP contribution in [0.25, 0.3) is 10.1 Å². The van der Waals surface area contributed by atoms with Crippen molar-refractivity contribution in [2.45, 2.75) is 20.3 Å². The summed E-state index contributed by atoms with van der Waals surface area (Å²) >= 11 is 1.58. The molecule has 1 aromatic carbocycles. The van der Waals surface area contributed by atoms with Crippen LogP contribution in [0.4, 0.5) is 0 Å². The third-order valence-corrected chi connectivity index (χ3v) is 3.55. The number of hydrogen-bond donors (Lipinski definition) is 0. The van der Waals surface area contributed by atoms with Gasteiger partial charge in [0, 0.05) is 6.13 Å². The zero-order valence-electron chi connectivity index (χ0n) is 8.33. The van der Waals surface area contributed by atoms with Crippen molar-refractivity contribution in [1.82, 2.24) is 0 Å². The normalized spacial score (nSPS) is 10.7. The maximum atomic E-state index is 11.2. The number of fused-ring (bicyclic) bond motifs is 1. The van der Waals surface area contributed by atoms with Crippen LogP contribution in [0.1, 0.15) is 30.5 Å². The van der Waals surface area contributed by atoms with Crippen molar-refractivity contribution in [2.75, 3.05) is 0 Å². The summed E-state index contributed by atoms with van der Waals surface area (Å²) in [5.41, 5.74) is 1.32. The van der Waals surface area contributed by atoms with Gasteiger partial charge in [0.25, 0.3) is 0 Å². The molecule has 0 spiro atoms. The molecular weight excluding hydrogens is 192 g/mol. The number of hydrogen-bond acceptors (Lipinski definition) is 2. The first kappa shape index (κ1) is 9.41. The Bertz CT molecular complexity index is 487. The first-order valence-electron chi connectivity index (χ1n) is 4.74. The molecule has 0 aliphatic carbocycles. The zero-order valence-corrected chi connectivity index (χ0v) is 9.15. The molecule has 1 aromatic heterocycles. The van der Waals surface area contributed by atoms with Crippen molar-refractivity contribution in [2.24, 2.45) is 0 Å². The summed E-state index contributed by atoms with van der Waals surface area (Å²) in [5.74, 6) is 0.157. The average molecular weight is 206 g/mol. The summed E-state index contributed by atoms with van der Waals surface area (Å²) in [7, 11) is 0. The molecule has 2 heteroatoms. The molecule has 0 unspecified atom stereocenters. The third-order valence-electron chi connectivity index (χ3n) is 2.34. The maximum Gasteiger partial charge on any atom is 0.169 e. The van der Waals surface area contributed by atoms with Gasteiger partial charge in [-0.2, -0.15) is 0 Å². The van der Waals surface area contributed by atoms with E-state index in [1.807, 2.05) is 6.07 Å². The van der Waals surface area contributed by atoms with Crippen LogP contribution in [0.3, 0.4) is 0 Å². The molecule has 0 bridgehead atoms. The monoisotopic (exact) mass is 206 g/mol. The molecule has 14 heavy (non-hydrogen) atoms.